The Balaban J connectivity index is 1.74. The second-order valence-electron chi connectivity index (χ2n) is 12.8. The standard InChI is InChI=1S/C35H57NO5/c37-34(38)20-14-15-25-36(26-29-21-23-32(24-22-29)35(39)40)27-33(41-28-30-16-10-6-5-7-11-17-30)31-18-12-8-3-1-2-4-9-13-19-31/h21-24,30-31,33H,1-20,25-28H2,(H,37,38)(H,39,40). The smallest absolute Gasteiger partial charge is 0.335 e. The number of carboxylic acid groups (broad SMARTS) is 2. The summed E-state index contributed by atoms with van der Waals surface area (Å²) in [6.07, 6.45) is 24.3. The molecule has 0 aromatic heterocycles. The SMILES string of the molecule is O=C(O)CCCCN(Cc1ccc(C(=O)O)cc1)CC(OCC1CCCCCCC1)C1CCCCCCCCCC1. The van der Waals surface area contributed by atoms with Gasteiger partial charge in [-0.3, -0.25) is 9.69 Å². The van der Waals surface area contributed by atoms with Gasteiger partial charge in [0.15, 0.2) is 0 Å². The maximum absolute atomic E-state index is 11.4. The predicted molar refractivity (Wildman–Crippen MR) is 165 cm³/mol. The van der Waals surface area contributed by atoms with Crippen LogP contribution >= 0.6 is 0 Å². The molecule has 2 saturated carbocycles. The molecular weight excluding hydrogens is 514 g/mol. The van der Waals surface area contributed by atoms with Crippen molar-refractivity contribution in [3.63, 3.8) is 0 Å². The summed E-state index contributed by atoms with van der Waals surface area (Å²) in [7, 11) is 0. The molecule has 232 valence electrons. The van der Waals surface area contributed by atoms with E-state index in [2.05, 4.69) is 4.90 Å². The van der Waals surface area contributed by atoms with Gasteiger partial charge in [-0.25, -0.2) is 4.79 Å². The molecule has 6 heteroatoms. The van der Waals surface area contributed by atoms with Crippen LogP contribution in [-0.2, 0) is 16.1 Å². The van der Waals surface area contributed by atoms with Gasteiger partial charge in [0.25, 0.3) is 0 Å². The van der Waals surface area contributed by atoms with Crippen LogP contribution in [0.1, 0.15) is 144 Å². The molecule has 0 amide bonds. The Kier molecular flexibility index (Phi) is 16.4. The summed E-state index contributed by atoms with van der Waals surface area (Å²) in [6.45, 7) is 3.26. The van der Waals surface area contributed by atoms with Crippen LogP contribution in [-0.4, -0.2) is 52.9 Å². The molecule has 0 heterocycles. The molecule has 0 radical (unpaired) electrons. The summed E-state index contributed by atoms with van der Waals surface area (Å²) >= 11 is 0. The number of unbranched alkanes of at least 4 members (excludes halogenated alkanes) is 1. The minimum Gasteiger partial charge on any atom is -0.481 e. The zero-order chi connectivity index (χ0) is 29.1. The van der Waals surface area contributed by atoms with E-state index in [0.717, 1.165) is 38.2 Å². The molecule has 1 aromatic rings. The van der Waals surface area contributed by atoms with Gasteiger partial charge in [0.2, 0.25) is 0 Å². The number of hydrogen-bond acceptors (Lipinski definition) is 4. The number of nitrogens with zero attached hydrogens (tertiary/aromatic N) is 1. The minimum atomic E-state index is -0.906. The van der Waals surface area contributed by atoms with Crippen LogP contribution in [0.2, 0.25) is 0 Å². The van der Waals surface area contributed by atoms with Crippen molar-refractivity contribution in [2.24, 2.45) is 11.8 Å². The predicted octanol–water partition coefficient (Wildman–Crippen LogP) is 8.72. The van der Waals surface area contributed by atoms with Crippen molar-refractivity contribution < 1.29 is 24.5 Å². The van der Waals surface area contributed by atoms with E-state index in [1.54, 1.807) is 12.1 Å². The lowest BCUT2D eigenvalue weighted by molar-refractivity contribution is -0.137. The third kappa shape index (κ3) is 14.2. The summed E-state index contributed by atoms with van der Waals surface area (Å²) in [6, 6.07) is 7.22. The van der Waals surface area contributed by atoms with Gasteiger partial charge in [0, 0.05) is 26.1 Å². The molecule has 2 N–H and O–H groups in total. The second kappa shape index (κ2) is 20.1. The average molecular weight is 572 g/mol. The first-order valence-corrected chi connectivity index (χ1v) is 16.9. The summed E-state index contributed by atoms with van der Waals surface area (Å²) in [4.78, 5) is 25.0. The highest BCUT2D eigenvalue weighted by Crippen LogP contribution is 2.29. The Hall–Kier alpha value is -1.92. The lowest BCUT2D eigenvalue weighted by Crippen LogP contribution is -2.39. The molecular formula is C35H57NO5. The molecule has 41 heavy (non-hydrogen) atoms. The third-order valence-corrected chi connectivity index (χ3v) is 9.36. The molecule has 1 aromatic carbocycles. The Bertz CT molecular complexity index is 837. The van der Waals surface area contributed by atoms with Crippen LogP contribution in [0.25, 0.3) is 0 Å². The fourth-order valence-corrected chi connectivity index (χ4v) is 6.81. The normalized spacial score (nSPS) is 19.6. The molecule has 2 fully saturated rings. The summed E-state index contributed by atoms with van der Waals surface area (Å²) < 4.78 is 6.97. The molecule has 2 aliphatic carbocycles. The molecule has 0 saturated heterocycles. The molecule has 2 aliphatic rings. The van der Waals surface area contributed by atoms with E-state index in [9.17, 15) is 14.7 Å². The van der Waals surface area contributed by atoms with E-state index in [4.69, 9.17) is 9.84 Å². The summed E-state index contributed by atoms with van der Waals surface area (Å²) in [5, 5.41) is 18.5. The van der Waals surface area contributed by atoms with E-state index in [1.807, 2.05) is 12.1 Å². The van der Waals surface area contributed by atoms with E-state index in [0.29, 0.717) is 23.8 Å². The van der Waals surface area contributed by atoms with Gasteiger partial charge in [-0.15, -0.1) is 0 Å². The van der Waals surface area contributed by atoms with Crippen molar-refractivity contribution >= 4 is 11.9 Å². The number of ether oxygens (including phenoxy) is 1. The Morgan fingerprint density at radius 3 is 1.83 bits per heavy atom. The van der Waals surface area contributed by atoms with Gasteiger partial charge >= 0.3 is 11.9 Å². The Labute approximate surface area is 249 Å². The molecule has 3 rings (SSSR count). The van der Waals surface area contributed by atoms with Gasteiger partial charge < -0.3 is 14.9 Å². The quantitative estimate of drug-likeness (QED) is 0.217. The van der Waals surface area contributed by atoms with Crippen LogP contribution in [0.3, 0.4) is 0 Å². The van der Waals surface area contributed by atoms with Gasteiger partial charge in [0.05, 0.1) is 11.7 Å². The fraction of sp³-hybridized carbons (Fsp3) is 0.771. The Morgan fingerprint density at radius 1 is 0.756 bits per heavy atom. The molecule has 1 atom stereocenters. The van der Waals surface area contributed by atoms with E-state index < -0.39 is 11.9 Å². The topological polar surface area (TPSA) is 87.1 Å². The van der Waals surface area contributed by atoms with Crippen molar-refractivity contribution in [1.29, 1.82) is 0 Å². The zero-order valence-corrected chi connectivity index (χ0v) is 25.6. The number of benzene rings is 1. The maximum Gasteiger partial charge on any atom is 0.335 e. The molecule has 0 spiro atoms. The number of aromatic carboxylic acids is 1. The van der Waals surface area contributed by atoms with E-state index in [-0.39, 0.29) is 12.5 Å². The number of rotatable bonds is 14. The van der Waals surface area contributed by atoms with Gasteiger partial charge in [-0.05, 0) is 74.6 Å². The van der Waals surface area contributed by atoms with Gasteiger partial charge in [0.1, 0.15) is 0 Å². The number of aliphatic carboxylic acids is 1. The third-order valence-electron chi connectivity index (χ3n) is 9.36. The Morgan fingerprint density at radius 2 is 1.29 bits per heavy atom. The van der Waals surface area contributed by atoms with Crippen LogP contribution in [0.5, 0.6) is 0 Å². The van der Waals surface area contributed by atoms with Crippen LogP contribution in [0, 0.1) is 11.8 Å². The first-order valence-electron chi connectivity index (χ1n) is 16.9. The van der Waals surface area contributed by atoms with Crippen molar-refractivity contribution in [2.75, 3.05) is 19.7 Å². The first kappa shape index (κ1) is 33.6. The van der Waals surface area contributed by atoms with Crippen molar-refractivity contribution in [3.8, 4) is 0 Å². The van der Waals surface area contributed by atoms with Crippen molar-refractivity contribution in [3.05, 3.63) is 35.4 Å². The van der Waals surface area contributed by atoms with Crippen LogP contribution in [0.4, 0.5) is 0 Å². The highest BCUT2D eigenvalue weighted by Gasteiger charge is 2.26. The van der Waals surface area contributed by atoms with E-state index >= 15 is 0 Å². The van der Waals surface area contributed by atoms with Gasteiger partial charge in [-0.2, -0.15) is 0 Å². The number of hydrogen-bond donors (Lipinski definition) is 2. The van der Waals surface area contributed by atoms with Crippen molar-refractivity contribution in [1.82, 2.24) is 4.90 Å². The van der Waals surface area contributed by atoms with Gasteiger partial charge in [-0.1, -0.05) is 95.6 Å². The zero-order valence-electron chi connectivity index (χ0n) is 25.6. The van der Waals surface area contributed by atoms with Crippen molar-refractivity contribution in [2.45, 2.75) is 141 Å². The fourth-order valence-electron chi connectivity index (χ4n) is 6.81. The molecule has 0 bridgehead atoms. The largest absolute Gasteiger partial charge is 0.481 e. The highest BCUT2D eigenvalue weighted by atomic mass is 16.5. The molecule has 0 aliphatic heterocycles. The van der Waals surface area contributed by atoms with Crippen LogP contribution < -0.4 is 0 Å². The lowest BCUT2D eigenvalue weighted by atomic mass is 9.89. The second-order valence-corrected chi connectivity index (χ2v) is 12.8. The highest BCUT2D eigenvalue weighted by molar-refractivity contribution is 5.87. The summed E-state index contributed by atoms with van der Waals surface area (Å²) in [5.74, 6) is -0.430. The lowest BCUT2D eigenvalue weighted by Gasteiger charge is -2.34. The maximum atomic E-state index is 11.4. The summed E-state index contributed by atoms with van der Waals surface area (Å²) in [5.41, 5.74) is 1.40. The number of carbonyl (C=O) groups is 2. The van der Waals surface area contributed by atoms with Crippen LogP contribution in [0.15, 0.2) is 24.3 Å². The number of carboxylic acids is 2. The molecule has 1 unspecified atom stereocenters. The average Bonchev–Trinajstić information content (AvgIpc) is 3.00. The minimum absolute atomic E-state index is 0.180. The first-order chi connectivity index (χ1) is 20.0. The monoisotopic (exact) mass is 571 g/mol. The van der Waals surface area contributed by atoms with E-state index in [1.165, 1.54) is 109 Å². The molecule has 6 nitrogen and oxygen atoms in total.